The van der Waals surface area contributed by atoms with E-state index in [0.29, 0.717) is 0 Å². The predicted molar refractivity (Wildman–Crippen MR) is 89.3 cm³/mol. The lowest BCUT2D eigenvalue weighted by molar-refractivity contribution is 0.397. The van der Waals surface area contributed by atoms with Gasteiger partial charge in [0.15, 0.2) is 0 Å². The van der Waals surface area contributed by atoms with E-state index in [2.05, 4.69) is 42.5 Å². The monoisotopic (exact) mass is 289 g/mol. The summed E-state index contributed by atoms with van der Waals surface area (Å²) in [7, 11) is 3.31. The van der Waals surface area contributed by atoms with Crippen LogP contribution in [-0.2, 0) is 0 Å². The Bertz CT molecular complexity index is 724. The SMILES string of the molecule is COc1c[c]cc(OC)c1-c1ccc(-c2ccccc2)cc1. The van der Waals surface area contributed by atoms with E-state index >= 15 is 0 Å². The minimum absolute atomic E-state index is 0.756. The molecule has 0 unspecified atom stereocenters. The summed E-state index contributed by atoms with van der Waals surface area (Å²) in [6.45, 7) is 0. The molecule has 0 bridgehead atoms. The topological polar surface area (TPSA) is 18.5 Å². The van der Waals surface area contributed by atoms with Crippen LogP contribution < -0.4 is 9.47 Å². The Kier molecular flexibility index (Phi) is 4.10. The molecule has 0 aliphatic rings. The maximum Gasteiger partial charge on any atom is 0.131 e. The van der Waals surface area contributed by atoms with Gasteiger partial charge in [0.25, 0.3) is 0 Å². The summed E-state index contributed by atoms with van der Waals surface area (Å²) in [5.74, 6) is 1.51. The molecule has 0 amide bonds. The molecule has 0 saturated carbocycles. The van der Waals surface area contributed by atoms with Crippen molar-refractivity contribution in [2.24, 2.45) is 0 Å². The summed E-state index contributed by atoms with van der Waals surface area (Å²) in [6.07, 6.45) is 0. The van der Waals surface area contributed by atoms with E-state index in [1.807, 2.05) is 30.3 Å². The molecule has 3 aromatic carbocycles. The first-order chi connectivity index (χ1) is 10.8. The van der Waals surface area contributed by atoms with Crippen molar-refractivity contribution >= 4 is 0 Å². The highest BCUT2D eigenvalue weighted by molar-refractivity contribution is 5.78. The molecule has 0 atom stereocenters. The zero-order chi connectivity index (χ0) is 15.4. The molecule has 3 aromatic rings. The zero-order valence-corrected chi connectivity index (χ0v) is 12.7. The molecule has 0 aromatic heterocycles. The standard InChI is InChI=1S/C20H17O2/c1-21-18-9-6-10-19(22-2)20(18)17-13-11-16(12-14-17)15-7-4-3-5-8-15/h3-5,7-14H,1-2H3. The lowest BCUT2D eigenvalue weighted by Gasteiger charge is -2.13. The lowest BCUT2D eigenvalue weighted by atomic mass is 9.99. The van der Waals surface area contributed by atoms with Gasteiger partial charge in [0, 0.05) is 0 Å². The smallest absolute Gasteiger partial charge is 0.131 e. The summed E-state index contributed by atoms with van der Waals surface area (Å²) in [5, 5.41) is 0. The van der Waals surface area contributed by atoms with E-state index in [-0.39, 0.29) is 0 Å². The van der Waals surface area contributed by atoms with Gasteiger partial charge < -0.3 is 9.47 Å². The van der Waals surface area contributed by atoms with Crippen molar-refractivity contribution in [3.63, 3.8) is 0 Å². The molecule has 3 rings (SSSR count). The quantitative estimate of drug-likeness (QED) is 0.684. The summed E-state index contributed by atoms with van der Waals surface area (Å²) >= 11 is 0. The van der Waals surface area contributed by atoms with Crippen LogP contribution >= 0.6 is 0 Å². The Hall–Kier alpha value is -2.74. The highest BCUT2D eigenvalue weighted by Gasteiger charge is 2.12. The lowest BCUT2D eigenvalue weighted by Crippen LogP contribution is -1.93. The van der Waals surface area contributed by atoms with Crippen molar-refractivity contribution in [1.29, 1.82) is 0 Å². The van der Waals surface area contributed by atoms with Crippen LogP contribution in [0.3, 0.4) is 0 Å². The van der Waals surface area contributed by atoms with Gasteiger partial charge in [0.05, 0.1) is 19.8 Å². The molecule has 0 heterocycles. The van der Waals surface area contributed by atoms with Crippen LogP contribution in [0.5, 0.6) is 11.5 Å². The maximum atomic E-state index is 5.45. The second-order valence-electron chi connectivity index (χ2n) is 4.91. The average molecular weight is 289 g/mol. The molecule has 0 saturated heterocycles. The van der Waals surface area contributed by atoms with Gasteiger partial charge in [0.2, 0.25) is 0 Å². The minimum Gasteiger partial charge on any atom is -0.496 e. The summed E-state index contributed by atoms with van der Waals surface area (Å²) in [4.78, 5) is 0. The van der Waals surface area contributed by atoms with Crippen molar-refractivity contribution in [3.05, 3.63) is 72.8 Å². The van der Waals surface area contributed by atoms with E-state index in [0.717, 1.165) is 22.6 Å². The Morgan fingerprint density at radius 1 is 0.636 bits per heavy atom. The predicted octanol–water partition coefficient (Wildman–Crippen LogP) is 4.84. The first-order valence-electron chi connectivity index (χ1n) is 7.11. The molecule has 1 radical (unpaired) electrons. The van der Waals surface area contributed by atoms with Crippen LogP contribution in [0.25, 0.3) is 22.3 Å². The van der Waals surface area contributed by atoms with Gasteiger partial charge in [-0.05, 0) is 34.9 Å². The number of ether oxygens (including phenoxy) is 2. The number of hydrogen-bond donors (Lipinski definition) is 0. The molecule has 0 fully saturated rings. The van der Waals surface area contributed by atoms with Crippen molar-refractivity contribution in [1.82, 2.24) is 0 Å². The first kappa shape index (κ1) is 14.2. The molecule has 0 N–H and O–H groups in total. The molecule has 0 spiro atoms. The van der Waals surface area contributed by atoms with Gasteiger partial charge in [0.1, 0.15) is 11.5 Å². The number of methoxy groups -OCH3 is 2. The summed E-state index contributed by atoms with van der Waals surface area (Å²) in [5.41, 5.74) is 4.39. The Labute approximate surface area is 131 Å². The van der Waals surface area contributed by atoms with Crippen molar-refractivity contribution in [2.75, 3.05) is 14.2 Å². The molecule has 22 heavy (non-hydrogen) atoms. The van der Waals surface area contributed by atoms with Crippen LogP contribution in [0.2, 0.25) is 0 Å². The van der Waals surface area contributed by atoms with Crippen LogP contribution in [0.15, 0.2) is 66.7 Å². The molecule has 2 heteroatoms. The summed E-state index contributed by atoms with van der Waals surface area (Å²) < 4.78 is 10.9. The molecule has 0 aliphatic heterocycles. The molecule has 2 nitrogen and oxygen atoms in total. The van der Waals surface area contributed by atoms with Crippen molar-refractivity contribution in [2.45, 2.75) is 0 Å². The number of hydrogen-bond acceptors (Lipinski definition) is 2. The first-order valence-corrected chi connectivity index (χ1v) is 7.11. The Morgan fingerprint density at radius 3 is 1.68 bits per heavy atom. The van der Waals surface area contributed by atoms with E-state index in [9.17, 15) is 0 Å². The highest BCUT2D eigenvalue weighted by atomic mass is 16.5. The largest absolute Gasteiger partial charge is 0.496 e. The van der Waals surface area contributed by atoms with Crippen molar-refractivity contribution in [3.8, 4) is 33.8 Å². The van der Waals surface area contributed by atoms with Gasteiger partial charge in [-0.2, -0.15) is 0 Å². The van der Waals surface area contributed by atoms with Crippen LogP contribution in [0, 0.1) is 6.07 Å². The second-order valence-corrected chi connectivity index (χ2v) is 4.91. The van der Waals surface area contributed by atoms with Crippen LogP contribution in [-0.4, -0.2) is 14.2 Å². The van der Waals surface area contributed by atoms with Gasteiger partial charge in [-0.3, -0.25) is 0 Å². The fourth-order valence-electron chi connectivity index (χ4n) is 2.53. The van der Waals surface area contributed by atoms with Crippen LogP contribution in [0.1, 0.15) is 0 Å². The zero-order valence-electron chi connectivity index (χ0n) is 12.7. The number of benzene rings is 3. The third kappa shape index (κ3) is 2.68. The van der Waals surface area contributed by atoms with Gasteiger partial charge in [-0.25, -0.2) is 0 Å². The Morgan fingerprint density at radius 2 is 1.14 bits per heavy atom. The van der Waals surface area contributed by atoms with Gasteiger partial charge in [-0.15, -0.1) is 0 Å². The van der Waals surface area contributed by atoms with Gasteiger partial charge >= 0.3 is 0 Å². The highest BCUT2D eigenvalue weighted by Crippen LogP contribution is 2.38. The fraction of sp³-hybridized carbons (Fsp3) is 0.100. The molecular weight excluding hydrogens is 272 g/mol. The molecule has 109 valence electrons. The second kappa shape index (κ2) is 6.35. The van der Waals surface area contributed by atoms with Crippen LogP contribution in [0.4, 0.5) is 0 Å². The third-order valence-corrected chi connectivity index (χ3v) is 3.64. The van der Waals surface area contributed by atoms with Crippen molar-refractivity contribution < 1.29 is 9.47 Å². The fourth-order valence-corrected chi connectivity index (χ4v) is 2.53. The third-order valence-electron chi connectivity index (χ3n) is 3.64. The normalized spacial score (nSPS) is 10.3. The van der Waals surface area contributed by atoms with E-state index in [1.54, 1.807) is 14.2 Å². The number of rotatable bonds is 4. The van der Waals surface area contributed by atoms with E-state index in [4.69, 9.17) is 9.47 Å². The maximum absolute atomic E-state index is 5.45. The molecule has 0 aliphatic carbocycles. The Balaban J connectivity index is 2.04. The molecular formula is C20H17O2. The van der Waals surface area contributed by atoms with E-state index in [1.165, 1.54) is 11.1 Å². The summed E-state index contributed by atoms with van der Waals surface area (Å²) in [6, 6.07) is 25.4. The average Bonchev–Trinajstić information content (AvgIpc) is 2.62. The van der Waals surface area contributed by atoms with Gasteiger partial charge in [-0.1, -0.05) is 54.6 Å². The van der Waals surface area contributed by atoms with E-state index < -0.39 is 0 Å². The minimum atomic E-state index is 0.756.